The van der Waals surface area contributed by atoms with Crippen LogP contribution >= 0.6 is 0 Å². The number of nitrogens with one attached hydrogen (secondary N) is 1. The van der Waals surface area contributed by atoms with Crippen LogP contribution in [0.4, 0.5) is 11.6 Å². The van der Waals surface area contributed by atoms with Gasteiger partial charge in [0.1, 0.15) is 5.82 Å². The van der Waals surface area contributed by atoms with Crippen molar-refractivity contribution in [1.29, 1.82) is 0 Å². The average Bonchev–Trinajstić information content (AvgIpc) is 2.66. The van der Waals surface area contributed by atoms with Crippen LogP contribution in [0.1, 0.15) is 13.8 Å². The van der Waals surface area contributed by atoms with Gasteiger partial charge in [-0.15, -0.1) is 5.10 Å². The summed E-state index contributed by atoms with van der Waals surface area (Å²) in [4.78, 5) is 4.12. The van der Waals surface area contributed by atoms with E-state index < -0.39 is 9.84 Å². The van der Waals surface area contributed by atoms with E-state index in [1.54, 1.807) is 24.4 Å². The van der Waals surface area contributed by atoms with Gasteiger partial charge in [-0.3, -0.25) is 0 Å². The number of hydrogen-bond acceptors (Lipinski definition) is 6. The lowest BCUT2D eigenvalue weighted by Crippen LogP contribution is -2.13. The first-order valence-corrected chi connectivity index (χ1v) is 7.96. The maximum Gasteiger partial charge on any atom is 0.182 e. The largest absolute Gasteiger partial charge is 0.382 e. The van der Waals surface area contributed by atoms with Crippen molar-refractivity contribution in [2.24, 2.45) is 0 Å². The van der Waals surface area contributed by atoms with Gasteiger partial charge in [0.15, 0.2) is 26.4 Å². The van der Waals surface area contributed by atoms with Crippen molar-refractivity contribution in [2.75, 3.05) is 17.3 Å². The molecule has 0 saturated carbocycles. The number of nitrogens with two attached hydrogens (primary N) is 1. The molecule has 2 aromatic heterocycles. The van der Waals surface area contributed by atoms with Crippen molar-refractivity contribution >= 4 is 21.5 Å². The monoisotopic (exact) mass is 295 g/mol. The molecule has 0 fully saturated rings. The van der Waals surface area contributed by atoms with Crippen LogP contribution in [0.3, 0.4) is 0 Å². The van der Waals surface area contributed by atoms with Crippen LogP contribution in [-0.4, -0.2) is 35.5 Å². The minimum Gasteiger partial charge on any atom is -0.382 e. The molecule has 8 heteroatoms. The van der Waals surface area contributed by atoms with Crippen LogP contribution in [0.25, 0.3) is 5.82 Å². The second-order valence-corrected chi connectivity index (χ2v) is 6.69. The summed E-state index contributed by atoms with van der Waals surface area (Å²) in [6, 6.07) is 5.27. The van der Waals surface area contributed by atoms with Crippen LogP contribution in [0.15, 0.2) is 29.3 Å². The number of nitrogen functional groups attached to an aromatic ring is 1. The third-order valence-corrected chi connectivity index (χ3v) is 3.68. The van der Waals surface area contributed by atoms with E-state index in [1.807, 2.05) is 13.8 Å². The molecular formula is C12H17N5O2S. The number of hydrogen-bond donors (Lipinski definition) is 2. The topological polar surface area (TPSA) is 103 Å². The highest BCUT2D eigenvalue weighted by Crippen LogP contribution is 2.29. The lowest BCUT2D eigenvalue weighted by atomic mass is 10.4. The predicted molar refractivity (Wildman–Crippen MR) is 77.6 cm³/mol. The molecule has 2 aromatic rings. The Morgan fingerprint density at radius 1 is 1.35 bits per heavy atom. The van der Waals surface area contributed by atoms with E-state index in [1.165, 1.54) is 4.68 Å². The quantitative estimate of drug-likeness (QED) is 0.874. The van der Waals surface area contributed by atoms with Gasteiger partial charge in [-0.05, 0) is 26.0 Å². The average molecular weight is 295 g/mol. The second kappa shape index (κ2) is 5.12. The number of aromatic nitrogens is 3. The summed E-state index contributed by atoms with van der Waals surface area (Å²) in [5, 5.41) is 7.22. The minimum absolute atomic E-state index is 0.00291. The summed E-state index contributed by atoms with van der Waals surface area (Å²) < 4.78 is 25.1. The highest BCUT2D eigenvalue weighted by molar-refractivity contribution is 7.91. The zero-order valence-electron chi connectivity index (χ0n) is 11.5. The van der Waals surface area contributed by atoms with Gasteiger partial charge in [-0.1, -0.05) is 6.07 Å². The Hall–Kier alpha value is -2.09. The summed E-state index contributed by atoms with van der Waals surface area (Å²) in [5.74, 6) is 0.756. The number of pyridine rings is 1. The molecule has 0 spiro atoms. The zero-order valence-corrected chi connectivity index (χ0v) is 12.3. The Kier molecular flexibility index (Phi) is 3.67. The van der Waals surface area contributed by atoms with Crippen molar-refractivity contribution in [3.05, 3.63) is 24.4 Å². The van der Waals surface area contributed by atoms with E-state index in [4.69, 9.17) is 5.73 Å². The normalized spacial score (nSPS) is 11.8. The van der Waals surface area contributed by atoms with E-state index in [0.717, 1.165) is 6.26 Å². The molecule has 0 bridgehead atoms. The summed E-state index contributed by atoms with van der Waals surface area (Å²) in [6.07, 6.45) is 2.70. The van der Waals surface area contributed by atoms with Crippen LogP contribution in [0.2, 0.25) is 0 Å². The molecule has 0 aliphatic heterocycles. The summed E-state index contributed by atoms with van der Waals surface area (Å²) in [5.41, 5.74) is 5.94. The first kappa shape index (κ1) is 14.3. The first-order valence-electron chi connectivity index (χ1n) is 6.07. The number of sulfone groups is 1. The second-order valence-electron chi connectivity index (χ2n) is 4.73. The smallest absolute Gasteiger partial charge is 0.182 e. The standard InChI is InChI=1S/C12H17N5O2S/c1-8(2)15-12-10(20(3,18)19)11(13)17(16-12)9-6-4-5-7-14-9/h4-8H,13H2,1-3H3,(H,15,16). The van der Waals surface area contributed by atoms with Crippen molar-refractivity contribution in [1.82, 2.24) is 14.8 Å². The fourth-order valence-electron chi connectivity index (χ4n) is 1.80. The predicted octanol–water partition coefficient (Wildman–Crippen LogP) is 1.07. The molecular weight excluding hydrogens is 278 g/mol. The molecule has 3 N–H and O–H groups in total. The van der Waals surface area contributed by atoms with Crippen molar-refractivity contribution in [3.63, 3.8) is 0 Å². The third-order valence-electron chi connectivity index (χ3n) is 2.54. The van der Waals surface area contributed by atoms with E-state index in [-0.39, 0.29) is 22.6 Å². The summed E-state index contributed by atoms with van der Waals surface area (Å²) in [7, 11) is -3.50. The number of rotatable bonds is 4. The molecule has 0 radical (unpaired) electrons. The lowest BCUT2D eigenvalue weighted by molar-refractivity contribution is 0.602. The van der Waals surface area contributed by atoms with Gasteiger partial charge in [0.25, 0.3) is 0 Å². The summed E-state index contributed by atoms with van der Waals surface area (Å²) in [6.45, 7) is 3.78. The van der Waals surface area contributed by atoms with Gasteiger partial charge in [0, 0.05) is 18.5 Å². The Balaban J connectivity index is 2.65. The molecule has 7 nitrogen and oxygen atoms in total. The Labute approximate surface area is 117 Å². The Morgan fingerprint density at radius 2 is 2.05 bits per heavy atom. The molecule has 0 saturated heterocycles. The van der Waals surface area contributed by atoms with Gasteiger partial charge in [0.2, 0.25) is 0 Å². The van der Waals surface area contributed by atoms with Crippen molar-refractivity contribution < 1.29 is 8.42 Å². The van der Waals surface area contributed by atoms with Crippen LogP contribution in [0.5, 0.6) is 0 Å². The van der Waals surface area contributed by atoms with Gasteiger partial charge in [-0.25, -0.2) is 13.4 Å². The molecule has 0 amide bonds. The van der Waals surface area contributed by atoms with Gasteiger partial charge < -0.3 is 11.1 Å². The van der Waals surface area contributed by atoms with E-state index in [2.05, 4.69) is 15.4 Å². The first-order chi connectivity index (χ1) is 9.30. The Bertz CT molecular complexity index is 707. The third kappa shape index (κ3) is 2.74. The van der Waals surface area contributed by atoms with E-state index in [9.17, 15) is 8.42 Å². The molecule has 108 valence electrons. The molecule has 0 unspecified atom stereocenters. The van der Waals surface area contributed by atoms with Crippen molar-refractivity contribution in [2.45, 2.75) is 24.8 Å². The molecule has 2 rings (SSSR count). The van der Waals surface area contributed by atoms with E-state index >= 15 is 0 Å². The SMILES string of the molecule is CC(C)Nc1nn(-c2ccccn2)c(N)c1S(C)(=O)=O. The highest BCUT2D eigenvalue weighted by atomic mass is 32.2. The lowest BCUT2D eigenvalue weighted by Gasteiger charge is -2.07. The number of nitrogens with zero attached hydrogens (tertiary/aromatic N) is 3. The fraction of sp³-hybridized carbons (Fsp3) is 0.333. The highest BCUT2D eigenvalue weighted by Gasteiger charge is 2.25. The fourth-order valence-corrected chi connectivity index (χ4v) is 2.72. The molecule has 0 aromatic carbocycles. The number of anilines is 2. The molecule has 0 aliphatic rings. The van der Waals surface area contributed by atoms with Crippen LogP contribution in [-0.2, 0) is 9.84 Å². The van der Waals surface area contributed by atoms with Gasteiger partial charge in [0.05, 0.1) is 0 Å². The maximum atomic E-state index is 11.9. The van der Waals surface area contributed by atoms with Gasteiger partial charge in [-0.2, -0.15) is 4.68 Å². The molecule has 20 heavy (non-hydrogen) atoms. The summed E-state index contributed by atoms with van der Waals surface area (Å²) >= 11 is 0. The van der Waals surface area contributed by atoms with E-state index in [0.29, 0.717) is 5.82 Å². The van der Waals surface area contributed by atoms with Crippen molar-refractivity contribution in [3.8, 4) is 5.82 Å². The zero-order chi connectivity index (χ0) is 14.9. The van der Waals surface area contributed by atoms with Crippen LogP contribution in [0, 0.1) is 0 Å². The molecule has 0 aliphatic carbocycles. The Morgan fingerprint density at radius 3 is 2.55 bits per heavy atom. The minimum atomic E-state index is -3.50. The maximum absolute atomic E-state index is 11.9. The van der Waals surface area contributed by atoms with Gasteiger partial charge >= 0.3 is 0 Å². The van der Waals surface area contributed by atoms with Crippen LogP contribution < -0.4 is 11.1 Å². The molecule has 2 heterocycles. The molecule has 0 atom stereocenters.